The van der Waals surface area contributed by atoms with Gasteiger partial charge >= 0.3 is 0 Å². The van der Waals surface area contributed by atoms with E-state index in [0.717, 1.165) is 43.1 Å². The number of unbranched alkanes of at least 4 members (excludes halogenated alkanes) is 1. The summed E-state index contributed by atoms with van der Waals surface area (Å²) in [5.41, 5.74) is 7.13. The summed E-state index contributed by atoms with van der Waals surface area (Å²) in [4.78, 5) is 11.2. The first-order valence-electron chi connectivity index (χ1n) is 5.80. The summed E-state index contributed by atoms with van der Waals surface area (Å²) < 4.78 is 5.28. The predicted octanol–water partition coefficient (Wildman–Crippen LogP) is 1.17. The Morgan fingerprint density at radius 3 is 3.12 bits per heavy atom. The van der Waals surface area contributed by atoms with Gasteiger partial charge in [-0.15, -0.1) is 0 Å². The SMILES string of the molecule is NCCCCNc1ccc2c(c1)NC(=O)CO2. The van der Waals surface area contributed by atoms with Gasteiger partial charge in [0.05, 0.1) is 5.69 Å². The average Bonchev–Trinajstić information content (AvgIpc) is 2.34. The molecule has 4 N–H and O–H groups in total. The third-order valence-corrected chi connectivity index (χ3v) is 2.57. The van der Waals surface area contributed by atoms with Crippen molar-refractivity contribution in [2.75, 3.05) is 30.3 Å². The van der Waals surface area contributed by atoms with E-state index in [9.17, 15) is 4.79 Å². The molecule has 1 aromatic rings. The highest BCUT2D eigenvalue weighted by molar-refractivity contribution is 5.95. The molecule has 1 amide bonds. The van der Waals surface area contributed by atoms with Crippen molar-refractivity contribution >= 4 is 17.3 Å². The third kappa shape index (κ3) is 3.10. The first-order chi connectivity index (χ1) is 8.29. The van der Waals surface area contributed by atoms with E-state index >= 15 is 0 Å². The van der Waals surface area contributed by atoms with E-state index < -0.39 is 0 Å². The summed E-state index contributed by atoms with van der Waals surface area (Å²) in [5.74, 6) is 0.606. The molecule has 0 saturated carbocycles. The summed E-state index contributed by atoms with van der Waals surface area (Å²) in [7, 11) is 0. The Hall–Kier alpha value is -1.75. The lowest BCUT2D eigenvalue weighted by Gasteiger charge is -2.18. The Balaban J connectivity index is 1.95. The normalized spacial score (nSPS) is 13.6. The second kappa shape index (κ2) is 5.54. The molecular formula is C12H17N3O2. The molecule has 0 atom stereocenters. The zero-order valence-electron chi connectivity index (χ0n) is 9.66. The average molecular weight is 235 g/mol. The largest absolute Gasteiger partial charge is 0.482 e. The number of anilines is 2. The van der Waals surface area contributed by atoms with E-state index in [1.165, 1.54) is 0 Å². The lowest BCUT2D eigenvalue weighted by molar-refractivity contribution is -0.118. The molecule has 5 heteroatoms. The summed E-state index contributed by atoms with van der Waals surface area (Å²) in [6, 6.07) is 5.69. The van der Waals surface area contributed by atoms with Crippen LogP contribution in [-0.2, 0) is 4.79 Å². The van der Waals surface area contributed by atoms with Gasteiger partial charge in [0.1, 0.15) is 5.75 Å². The number of amides is 1. The fourth-order valence-electron chi connectivity index (χ4n) is 1.70. The van der Waals surface area contributed by atoms with Crippen molar-refractivity contribution in [3.63, 3.8) is 0 Å². The highest BCUT2D eigenvalue weighted by atomic mass is 16.5. The van der Waals surface area contributed by atoms with Crippen LogP contribution >= 0.6 is 0 Å². The van der Waals surface area contributed by atoms with Crippen LogP contribution in [-0.4, -0.2) is 25.6 Å². The van der Waals surface area contributed by atoms with Crippen molar-refractivity contribution in [2.24, 2.45) is 5.73 Å². The Morgan fingerprint density at radius 1 is 1.41 bits per heavy atom. The highest BCUT2D eigenvalue weighted by Gasteiger charge is 2.15. The zero-order valence-corrected chi connectivity index (χ0v) is 9.66. The van der Waals surface area contributed by atoms with E-state index in [2.05, 4.69) is 10.6 Å². The molecule has 17 heavy (non-hydrogen) atoms. The first-order valence-corrected chi connectivity index (χ1v) is 5.80. The van der Waals surface area contributed by atoms with Gasteiger partial charge in [0.2, 0.25) is 0 Å². The molecule has 1 aromatic carbocycles. The van der Waals surface area contributed by atoms with Gasteiger partial charge in [0, 0.05) is 12.2 Å². The molecule has 0 aliphatic carbocycles. The van der Waals surface area contributed by atoms with Gasteiger partial charge in [-0.1, -0.05) is 0 Å². The minimum Gasteiger partial charge on any atom is -0.482 e. The number of hydrogen-bond donors (Lipinski definition) is 3. The molecule has 0 spiro atoms. The number of rotatable bonds is 5. The van der Waals surface area contributed by atoms with E-state index in [4.69, 9.17) is 10.5 Å². The Kier molecular flexibility index (Phi) is 3.82. The van der Waals surface area contributed by atoms with Crippen LogP contribution in [0.5, 0.6) is 5.75 Å². The number of fused-ring (bicyclic) bond motifs is 1. The van der Waals surface area contributed by atoms with Gasteiger partial charge in [-0.2, -0.15) is 0 Å². The Bertz CT molecular complexity index is 407. The smallest absolute Gasteiger partial charge is 0.262 e. The van der Waals surface area contributed by atoms with E-state index in [1.807, 2.05) is 18.2 Å². The number of hydrogen-bond acceptors (Lipinski definition) is 4. The minimum absolute atomic E-state index is 0.0935. The van der Waals surface area contributed by atoms with Gasteiger partial charge in [0.25, 0.3) is 5.91 Å². The maximum Gasteiger partial charge on any atom is 0.262 e. The van der Waals surface area contributed by atoms with Crippen LogP contribution in [0.4, 0.5) is 11.4 Å². The van der Waals surface area contributed by atoms with Crippen molar-refractivity contribution in [1.82, 2.24) is 0 Å². The summed E-state index contributed by atoms with van der Waals surface area (Å²) in [6.07, 6.45) is 2.05. The van der Waals surface area contributed by atoms with Crippen molar-refractivity contribution in [2.45, 2.75) is 12.8 Å². The molecular weight excluding hydrogens is 218 g/mol. The minimum atomic E-state index is -0.113. The molecule has 1 aliphatic heterocycles. The van der Waals surface area contributed by atoms with E-state index in [0.29, 0.717) is 0 Å². The van der Waals surface area contributed by atoms with Crippen LogP contribution in [0, 0.1) is 0 Å². The van der Waals surface area contributed by atoms with Gasteiger partial charge in [0.15, 0.2) is 6.61 Å². The van der Waals surface area contributed by atoms with Gasteiger partial charge in [-0.3, -0.25) is 4.79 Å². The predicted molar refractivity (Wildman–Crippen MR) is 67.3 cm³/mol. The van der Waals surface area contributed by atoms with Crippen LogP contribution in [0.2, 0.25) is 0 Å². The first kappa shape index (κ1) is 11.7. The molecule has 0 bridgehead atoms. The Morgan fingerprint density at radius 2 is 2.29 bits per heavy atom. The van der Waals surface area contributed by atoms with Crippen molar-refractivity contribution in [3.8, 4) is 5.75 Å². The quantitative estimate of drug-likeness (QED) is 0.669. The second-order valence-corrected chi connectivity index (χ2v) is 3.97. The standard InChI is InChI=1S/C12H17N3O2/c13-5-1-2-6-14-9-3-4-11-10(7-9)15-12(16)8-17-11/h3-4,7,14H,1-2,5-6,8,13H2,(H,15,16). The molecule has 0 radical (unpaired) electrons. The Labute approximate surface area is 100 Å². The number of carbonyl (C=O) groups is 1. The van der Waals surface area contributed by atoms with Crippen LogP contribution in [0.1, 0.15) is 12.8 Å². The summed E-state index contributed by atoms with van der Waals surface area (Å²) in [6.45, 7) is 1.69. The lowest BCUT2D eigenvalue weighted by atomic mass is 10.2. The molecule has 0 aromatic heterocycles. The lowest BCUT2D eigenvalue weighted by Crippen LogP contribution is -2.25. The van der Waals surface area contributed by atoms with Crippen LogP contribution < -0.4 is 21.1 Å². The highest BCUT2D eigenvalue weighted by Crippen LogP contribution is 2.30. The molecule has 5 nitrogen and oxygen atoms in total. The molecule has 0 fully saturated rings. The molecule has 2 rings (SSSR count). The summed E-state index contributed by atoms with van der Waals surface area (Å²) in [5, 5.41) is 6.06. The zero-order chi connectivity index (χ0) is 12.1. The van der Waals surface area contributed by atoms with Gasteiger partial charge in [-0.05, 0) is 37.6 Å². The van der Waals surface area contributed by atoms with Crippen LogP contribution in [0.15, 0.2) is 18.2 Å². The molecule has 0 saturated heterocycles. The topological polar surface area (TPSA) is 76.4 Å². The maximum absolute atomic E-state index is 11.2. The van der Waals surface area contributed by atoms with Crippen LogP contribution in [0.3, 0.4) is 0 Å². The monoisotopic (exact) mass is 235 g/mol. The second-order valence-electron chi connectivity index (χ2n) is 3.97. The third-order valence-electron chi connectivity index (χ3n) is 2.57. The molecule has 1 heterocycles. The number of nitrogens with one attached hydrogen (secondary N) is 2. The number of ether oxygens (including phenoxy) is 1. The van der Waals surface area contributed by atoms with Crippen molar-refractivity contribution in [3.05, 3.63) is 18.2 Å². The number of carbonyl (C=O) groups excluding carboxylic acids is 1. The number of nitrogens with two attached hydrogens (primary N) is 1. The molecule has 0 unspecified atom stereocenters. The van der Waals surface area contributed by atoms with Crippen LogP contribution in [0.25, 0.3) is 0 Å². The van der Waals surface area contributed by atoms with Crippen molar-refractivity contribution < 1.29 is 9.53 Å². The summed E-state index contributed by atoms with van der Waals surface area (Å²) >= 11 is 0. The fourth-order valence-corrected chi connectivity index (χ4v) is 1.70. The van der Waals surface area contributed by atoms with E-state index in [1.54, 1.807) is 0 Å². The van der Waals surface area contributed by atoms with Crippen molar-refractivity contribution in [1.29, 1.82) is 0 Å². The van der Waals surface area contributed by atoms with E-state index in [-0.39, 0.29) is 12.5 Å². The molecule has 92 valence electrons. The van der Waals surface area contributed by atoms with Gasteiger partial charge < -0.3 is 21.1 Å². The van der Waals surface area contributed by atoms with Gasteiger partial charge in [-0.25, -0.2) is 0 Å². The fraction of sp³-hybridized carbons (Fsp3) is 0.417. The number of benzene rings is 1. The maximum atomic E-state index is 11.2. The molecule has 1 aliphatic rings.